The molecule has 0 aliphatic carbocycles. The van der Waals surface area contributed by atoms with Crippen LogP contribution in [0.1, 0.15) is 11.1 Å². The zero-order chi connectivity index (χ0) is 9.35. The monoisotopic (exact) mass is 241 g/mol. The van der Waals surface area contributed by atoms with E-state index in [4.69, 9.17) is 10.7 Å². The van der Waals surface area contributed by atoms with E-state index in [1.165, 1.54) is 6.20 Å². The maximum atomic E-state index is 10.9. The third-order valence-corrected chi connectivity index (χ3v) is 3.12. The van der Waals surface area contributed by atoms with Gasteiger partial charge in [-0.15, -0.1) is 12.4 Å². The highest BCUT2D eigenvalue weighted by Crippen LogP contribution is 2.19. The Morgan fingerprint density at radius 1 is 1.31 bits per heavy atom. The number of hydrogen-bond acceptors (Lipinski definition) is 3. The molecule has 0 radical (unpaired) electrons. The summed E-state index contributed by atoms with van der Waals surface area (Å²) in [5, 5.41) is 0. The van der Waals surface area contributed by atoms with Crippen molar-refractivity contribution in [3.63, 3.8) is 0 Å². The lowest BCUT2D eigenvalue weighted by molar-refractivity contribution is 0.608. The highest BCUT2D eigenvalue weighted by molar-refractivity contribution is 8.13. The van der Waals surface area contributed by atoms with E-state index in [1.54, 1.807) is 20.0 Å². The lowest BCUT2D eigenvalue weighted by atomic mass is 10.2. The molecule has 3 nitrogen and oxygen atoms in total. The zero-order valence-corrected chi connectivity index (χ0v) is 9.50. The summed E-state index contributed by atoms with van der Waals surface area (Å²) >= 11 is 0. The van der Waals surface area contributed by atoms with Crippen LogP contribution in [0.5, 0.6) is 0 Å². The predicted molar refractivity (Wildman–Crippen MR) is 54.0 cm³/mol. The largest absolute Gasteiger partial charge is 0.263 e. The molecule has 74 valence electrons. The summed E-state index contributed by atoms with van der Waals surface area (Å²) in [6.07, 6.45) is 2.85. The van der Waals surface area contributed by atoms with Crippen molar-refractivity contribution in [1.82, 2.24) is 4.98 Å². The average Bonchev–Trinajstić information content (AvgIpc) is 1.92. The van der Waals surface area contributed by atoms with E-state index < -0.39 is 9.05 Å². The molecule has 6 heteroatoms. The van der Waals surface area contributed by atoms with Gasteiger partial charge in [-0.25, -0.2) is 8.42 Å². The maximum Gasteiger partial charge on any atom is 0.263 e. The standard InChI is InChI=1S/C7H8ClNO2S.ClH/c1-5-3-9-4-7(6(5)2)12(8,10)11;/h3-4H,1-2H3;1H. The van der Waals surface area contributed by atoms with Crippen molar-refractivity contribution in [3.05, 3.63) is 23.5 Å². The maximum absolute atomic E-state index is 10.9. The molecular weight excluding hydrogens is 233 g/mol. The van der Waals surface area contributed by atoms with Gasteiger partial charge in [0.05, 0.1) is 0 Å². The van der Waals surface area contributed by atoms with Gasteiger partial charge in [0.25, 0.3) is 9.05 Å². The smallest absolute Gasteiger partial charge is 0.263 e. The minimum Gasteiger partial charge on any atom is -0.263 e. The van der Waals surface area contributed by atoms with Crippen LogP contribution in [0.15, 0.2) is 17.3 Å². The normalized spacial score (nSPS) is 10.7. The summed E-state index contributed by atoms with van der Waals surface area (Å²) in [5.41, 5.74) is 1.47. The van der Waals surface area contributed by atoms with Gasteiger partial charge in [-0.2, -0.15) is 0 Å². The van der Waals surface area contributed by atoms with Crippen LogP contribution in [0.25, 0.3) is 0 Å². The summed E-state index contributed by atoms with van der Waals surface area (Å²) < 4.78 is 21.9. The van der Waals surface area contributed by atoms with E-state index in [2.05, 4.69) is 4.98 Å². The number of halogens is 2. The SMILES string of the molecule is Cc1cncc(S(=O)(=O)Cl)c1C.Cl. The minimum atomic E-state index is -3.65. The van der Waals surface area contributed by atoms with Crippen LogP contribution < -0.4 is 0 Å². The van der Waals surface area contributed by atoms with Crippen LogP contribution in [-0.4, -0.2) is 13.4 Å². The second-order valence-electron chi connectivity index (χ2n) is 2.52. The summed E-state index contributed by atoms with van der Waals surface area (Å²) in [5.74, 6) is 0. The molecule has 0 saturated heterocycles. The molecule has 0 fully saturated rings. The van der Waals surface area contributed by atoms with E-state index in [9.17, 15) is 8.42 Å². The molecule has 0 aliphatic heterocycles. The van der Waals surface area contributed by atoms with Crippen molar-refractivity contribution in [2.45, 2.75) is 18.7 Å². The van der Waals surface area contributed by atoms with Crippen LogP contribution in [-0.2, 0) is 9.05 Å². The van der Waals surface area contributed by atoms with Gasteiger partial charge in [0.15, 0.2) is 0 Å². The molecule has 0 aromatic carbocycles. The van der Waals surface area contributed by atoms with Crippen LogP contribution in [0, 0.1) is 13.8 Å². The van der Waals surface area contributed by atoms with Gasteiger partial charge in [-0.1, -0.05) is 0 Å². The quantitative estimate of drug-likeness (QED) is 0.708. The molecule has 1 aromatic rings. The highest BCUT2D eigenvalue weighted by atomic mass is 35.7. The lowest BCUT2D eigenvalue weighted by Crippen LogP contribution is -1.97. The van der Waals surface area contributed by atoms with Crippen LogP contribution in [0.3, 0.4) is 0 Å². The summed E-state index contributed by atoms with van der Waals surface area (Å²) in [6.45, 7) is 3.49. The number of hydrogen-bond donors (Lipinski definition) is 0. The topological polar surface area (TPSA) is 47.0 Å². The Labute approximate surface area is 88.0 Å². The molecule has 0 aliphatic rings. The molecule has 13 heavy (non-hydrogen) atoms. The van der Waals surface area contributed by atoms with E-state index in [0.29, 0.717) is 5.56 Å². The molecule has 0 spiro atoms. The third kappa shape index (κ3) is 2.83. The summed E-state index contributed by atoms with van der Waals surface area (Å²) in [6, 6.07) is 0. The molecule has 0 bridgehead atoms. The predicted octanol–water partition coefficient (Wildman–Crippen LogP) is 2.05. The van der Waals surface area contributed by atoms with Crippen LogP contribution in [0.2, 0.25) is 0 Å². The second kappa shape index (κ2) is 4.26. The van der Waals surface area contributed by atoms with Crippen molar-refractivity contribution in [2.75, 3.05) is 0 Å². The van der Waals surface area contributed by atoms with E-state index in [1.807, 2.05) is 0 Å². The van der Waals surface area contributed by atoms with Gasteiger partial charge in [0.2, 0.25) is 0 Å². The molecule has 1 rings (SSSR count). The van der Waals surface area contributed by atoms with E-state index in [-0.39, 0.29) is 17.3 Å². The Hall–Kier alpha value is -0.320. The second-order valence-corrected chi connectivity index (χ2v) is 5.05. The Balaban J connectivity index is 0.00000144. The van der Waals surface area contributed by atoms with Gasteiger partial charge in [0, 0.05) is 23.1 Å². The average molecular weight is 242 g/mol. The van der Waals surface area contributed by atoms with Gasteiger partial charge in [0.1, 0.15) is 4.90 Å². The van der Waals surface area contributed by atoms with Crippen LogP contribution >= 0.6 is 23.1 Å². The molecule has 0 atom stereocenters. The Morgan fingerprint density at radius 2 is 1.85 bits per heavy atom. The Bertz CT molecular complexity index is 403. The van der Waals surface area contributed by atoms with Crippen molar-refractivity contribution >= 4 is 32.1 Å². The van der Waals surface area contributed by atoms with Crippen molar-refractivity contribution in [2.24, 2.45) is 0 Å². The molecule has 1 heterocycles. The van der Waals surface area contributed by atoms with Crippen molar-refractivity contribution in [1.29, 1.82) is 0 Å². The fraction of sp³-hybridized carbons (Fsp3) is 0.286. The van der Waals surface area contributed by atoms with E-state index >= 15 is 0 Å². The van der Waals surface area contributed by atoms with E-state index in [0.717, 1.165) is 5.56 Å². The van der Waals surface area contributed by atoms with Gasteiger partial charge < -0.3 is 0 Å². The Kier molecular flexibility index (Phi) is 4.16. The lowest BCUT2D eigenvalue weighted by Gasteiger charge is -2.02. The molecular formula is C7H9Cl2NO2S. The first-order valence-electron chi connectivity index (χ1n) is 3.29. The molecule has 0 amide bonds. The van der Waals surface area contributed by atoms with Gasteiger partial charge in [-0.05, 0) is 25.0 Å². The number of nitrogens with zero attached hydrogens (tertiary/aromatic N) is 1. The molecule has 0 saturated carbocycles. The zero-order valence-electron chi connectivity index (χ0n) is 7.11. The first-order valence-corrected chi connectivity index (χ1v) is 5.59. The first-order chi connectivity index (χ1) is 5.43. The fourth-order valence-electron chi connectivity index (χ4n) is 0.851. The number of aromatic nitrogens is 1. The molecule has 1 aromatic heterocycles. The molecule has 0 N–H and O–H groups in total. The van der Waals surface area contributed by atoms with Crippen molar-refractivity contribution < 1.29 is 8.42 Å². The third-order valence-electron chi connectivity index (χ3n) is 1.68. The number of rotatable bonds is 1. The van der Waals surface area contributed by atoms with Gasteiger partial charge in [-0.3, -0.25) is 4.98 Å². The van der Waals surface area contributed by atoms with Crippen molar-refractivity contribution in [3.8, 4) is 0 Å². The number of pyridine rings is 1. The summed E-state index contributed by atoms with van der Waals surface area (Å²) in [7, 11) is 1.52. The fourth-order valence-corrected chi connectivity index (χ4v) is 2.03. The Morgan fingerprint density at radius 3 is 2.23 bits per heavy atom. The molecule has 0 unspecified atom stereocenters. The minimum absolute atomic E-state index is 0. The summed E-state index contributed by atoms with van der Waals surface area (Å²) in [4.78, 5) is 3.84. The highest BCUT2D eigenvalue weighted by Gasteiger charge is 2.14. The van der Waals surface area contributed by atoms with Crippen LogP contribution in [0.4, 0.5) is 0 Å². The van der Waals surface area contributed by atoms with Gasteiger partial charge >= 0.3 is 0 Å². The number of aryl methyl sites for hydroxylation is 1. The first kappa shape index (κ1) is 12.7.